The van der Waals surface area contributed by atoms with Gasteiger partial charge in [-0.3, -0.25) is 14.4 Å². The molecule has 2 bridgehead atoms. The molecular weight excluding hydrogens is 1040 g/mol. The average Bonchev–Trinajstić information content (AvgIpc) is 3.51. The van der Waals surface area contributed by atoms with Crippen LogP contribution in [-0.2, 0) is 58.8 Å². The van der Waals surface area contributed by atoms with E-state index in [0.717, 1.165) is 13.8 Å². The van der Waals surface area contributed by atoms with Gasteiger partial charge >= 0.3 is 248 Å². The summed E-state index contributed by atoms with van der Waals surface area (Å²) >= 11 is 0. The number of nitrogens with one attached hydrogen (secondary N) is 2. The van der Waals surface area contributed by atoms with Gasteiger partial charge < -0.3 is 29.2 Å². The fourth-order valence-electron chi connectivity index (χ4n) is 11.7. The summed E-state index contributed by atoms with van der Waals surface area (Å²) in [4.78, 5) is 131. The molecule has 1 heterocycles. The maximum absolute atomic E-state index is 15.8. The maximum atomic E-state index is 15.8. The third-order valence-corrected chi connectivity index (χ3v) is 16.1. The quantitative estimate of drug-likeness (QED) is 0.0355. The molecule has 1 amide bonds. The Kier molecular flexibility index (Phi) is 16.1. The molecule has 21 nitrogen and oxygen atoms in total. The summed E-state index contributed by atoms with van der Waals surface area (Å²) in [5.41, 5.74) is -7.65. The Balaban J connectivity index is 1.30. The molecule has 2 saturated carbocycles. The van der Waals surface area contributed by atoms with Gasteiger partial charge in [-0.05, 0) is 19.1 Å². The Labute approximate surface area is 449 Å². The average molecular weight is 1100 g/mol. The number of rotatable bonds is 16. The SMILES string of the molecule is CNc1ccc(O[PH](O)(O)O)c(CC(=O)O[C@@H](C(=O)O[C@H]2C[C@@]3(O)[C@@H](OC(=O)c4ccccc4)[C@@H]4[C@]5(OC(C)=O)CO[C@@H]5C[C@H](O)[C@@]4(C)C(=O)[C@H](OC(C)=O)C(=C2C)C3(C)C)[C@@H](NC(=O)c2ccccc2)c2ccccc2)c1. The molecule has 4 aliphatic rings. The normalized spacial score (nSPS) is 28.0. The van der Waals surface area contributed by atoms with Crippen LogP contribution in [0.15, 0.2) is 120 Å². The molecule has 4 aromatic rings. The number of hydrogen-bond acceptors (Lipinski definition) is 20. The fraction of sp³-hybridized carbons (Fsp3) is 0.411. The summed E-state index contributed by atoms with van der Waals surface area (Å²) in [5.74, 6) is -8.93. The van der Waals surface area contributed by atoms with Gasteiger partial charge in [0.15, 0.2) is 17.5 Å². The van der Waals surface area contributed by atoms with Gasteiger partial charge in [-0.25, -0.2) is 4.79 Å². The van der Waals surface area contributed by atoms with E-state index in [1.807, 2.05) is 0 Å². The van der Waals surface area contributed by atoms with Crippen LogP contribution in [0.1, 0.15) is 92.3 Å². The number of fused-ring (bicyclic) bond motifs is 5. The number of aliphatic hydroxyl groups is 2. The summed E-state index contributed by atoms with van der Waals surface area (Å²) in [6.07, 6.45) is -12.1. The van der Waals surface area contributed by atoms with Crippen LogP contribution in [0.5, 0.6) is 5.75 Å². The number of ether oxygens (including phenoxy) is 6. The Morgan fingerprint density at radius 3 is 2.00 bits per heavy atom. The van der Waals surface area contributed by atoms with Gasteiger partial charge in [0.05, 0.1) is 29.6 Å². The summed E-state index contributed by atoms with van der Waals surface area (Å²) < 4.78 is 42.0. The van der Waals surface area contributed by atoms with Crippen LogP contribution in [0.4, 0.5) is 5.69 Å². The number of ketones is 1. The van der Waals surface area contributed by atoms with E-state index in [1.54, 1.807) is 73.8 Å². The number of amides is 1. The van der Waals surface area contributed by atoms with Crippen molar-refractivity contribution in [2.24, 2.45) is 16.7 Å². The third-order valence-electron chi connectivity index (χ3n) is 15.6. The van der Waals surface area contributed by atoms with Crippen molar-refractivity contribution in [1.29, 1.82) is 0 Å². The van der Waals surface area contributed by atoms with Gasteiger partial charge in [0.1, 0.15) is 12.2 Å². The summed E-state index contributed by atoms with van der Waals surface area (Å²) in [5, 5.41) is 32.0. The van der Waals surface area contributed by atoms with Gasteiger partial charge in [-0.1, -0.05) is 50.2 Å². The molecular formula is C56H63N2O19P. The third kappa shape index (κ3) is 10.7. The van der Waals surface area contributed by atoms with Crippen molar-refractivity contribution in [3.8, 4) is 5.75 Å². The molecule has 78 heavy (non-hydrogen) atoms. The van der Waals surface area contributed by atoms with Crippen LogP contribution in [0, 0.1) is 16.7 Å². The van der Waals surface area contributed by atoms with E-state index in [4.69, 9.17) is 32.9 Å². The van der Waals surface area contributed by atoms with Crippen molar-refractivity contribution >= 4 is 55.4 Å². The van der Waals surface area contributed by atoms with Gasteiger partial charge in [0.25, 0.3) is 0 Å². The number of anilines is 1. The molecule has 0 spiro atoms. The molecule has 3 fully saturated rings. The Morgan fingerprint density at radius 2 is 1.44 bits per heavy atom. The minimum atomic E-state index is -5.25. The van der Waals surface area contributed by atoms with E-state index < -0.39 is 133 Å². The molecule has 1 aliphatic heterocycles. The molecule has 0 radical (unpaired) electrons. The Hall–Kier alpha value is -7.10. The van der Waals surface area contributed by atoms with Crippen molar-refractivity contribution in [2.45, 2.75) is 115 Å². The van der Waals surface area contributed by atoms with Crippen LogP contribution in [0.3, 0.4) is 0 Å². The molecule has 1 saturated heterocycles. The zero-order chi connectivity index (χ0) is 56.7. The number of hydrogen-bond donors (Lipinski definition) is 7. The number of benzene rings is 4. The number of Topliss-reactive ketones (excluding diaryl/α,β-unsaturated/α-hetero) is 1. The second kappa shape index (κ2) is 22.0. The van der Waals surface area contributed by atoms with Crippen molar-refractivity contribution in [2.75, 3.05) is 19.0 Å². The molecule has 0 unspecified atom stereocenters. The second-order valence-electron chi connectivity index (χ2n) is 20.7. The molecule has 22 heteroatoms. The van der Waals surface area contributed by atoms with Crippen molar-refractivity contribution < 1.29 is 91.4 Å². The van der Waals surface area contributed by atoms with E-state index in [9.17, 15) is 48.9 Å². The predicted molar refractivity (Wildman–Crippen MR) is 277 cm³/mol. The number of aliphatic hydroxyl groups excluding tert-OH is 1. The van der Waals surface area contributed by atoms with Gasteiger partial charge in [-0.15, -0.1) is 0 Å². The van der Waals surface area contributed by atoms with Gasteiger partial charge in [-0.2, -0.15) is 0 Å². The number of carbonyl (C=O) groups excluding carboxylic acids is 7. The second-order valence-corrected chi connectivity index (χ2v) is 22.1. The molecule has 7 N–H and O–H groups in total. The van der Waals surface area contributed by atoms with Crippen LogP contribution in [0.25, 0.3) is 0 Å². The van der Waals surface area contributed by atoms with Crippen LogP contribution in [0.2, 0.25) is 0 Å². The monoisotopic (exact) mass is 1100 g/mol. The first-order valence-corrected chi connectivity index (χ1v) is 26.9. The molecule has 11 atom stereocenters. The summed E-state index contributed by atoms with van der Waals surface area (Å²) in [7, 11) is -3.69. The van der Waals surface area contributed by atoms with Crippen LogP contribution < -0.4 is 15.2 Å². The molecule has 8 rings (SSSR count). The summed E-state index contributed by atoms with van der Waals surface area (Å²) in [6, 6.07) is 26.1. The predicted octanol–water partition coefficient (Wildman–Crippen LogP) is 4.34. The molecule has 0 aromatic heterocycles. The minimum absolute atomic E-state index is 0.00725. The zero-order valence-corrected chi connectivity index (χ0v) is 44.8. The van der Waals surface area contributed by atoms with Crippen molar-refractivity contribution in [3.05, 3.63) is 143 Å². The summed E-state index contributed by atoms with van der Waals surface area (Å²) in [6.45, 7) is 7.64. The van der Waals surface area contributed by atoms with Crippen LogP contribution in [-0.4, -0.2) is 128 Å². The first-order chi connectivity index (χ1) is 36.7. The van der Waals surface area contributed by atoms with Crippen molar-refractivity contribution in [1.82, 2.24) is 5.32 Å². The first kappa shape index (κ1) is 57.1. The molecule has 416 valence electrons. The van der Waals surface area contributed by atoms with E-state index in [1.165, 1.54) is 70.2 Å². The zero-order valence-electron chi connectivity index (χ0n) is 43.8. The van der Waals surface area contributed by atoms with Gasteiger partial charge in [0, 0.05) is 25.7 Å². The topological polar surface area (TPSA) is 309 Å². The van der Waals surface area contributed by atoms with Crippen LogP contribution >= 0.6 is 8.17 Å². The Bertz CT molecular complexity index is 3000. The van der Waals surface area contributed by atoms with E-state index >= 15 is 9.59 Å². The number of esters is 5. The molecule has 4 aromatic carbocycles. The fourth-order valence-corrected chi connectivity index (χ4v) is 12.2. The number of carbonyl (C=O) groups is 7. The van der Waals surface area contributed by atoms with Crippen molar-refractivity contribution in [3.63, 3.8) is 0 Å². The van der Waals surface area contributed by atoms with Gasteiger partial charge in [0.2, 0.25) is 0 Å². The van der Waals surface area contributed by atoms with E-state index in [-0.39, 0.29) is 52.2 Å². The van der Waals surface area contributed by atoms with E-state index in [0.29, 0.717) is 5.69 Å². The standard InChI is InChI=1S/C56H63N2O19P/c1-30-39(73-52(66)46(44(33-17-11-8-12-18-33)58-50(64)34-19-13-9-14-20-34)74-42(62)26-36-25-37(57-7)23-24-38(36)77-78(68,69)70)28-56(67)49(75-51(65)35-21-15-10-16-22-35)47-54(6,40(61)27-41-55(47,29-71-41)76-32(3)60)48(63)45(72-31(2)59)43(30)53(56,4)5/h8-25,39-41,44-47,49,57,61,67-70,78H,26-29H2,1-7H3,(H,58,64)/t39-,40-,41+,44-,45+,46+,47-,49-,54+,55-,56+/m0/s1. The first-order valence-electron chi connectivity index (χ1n) is 25.1. The van der Waals surface area contributed by atoms with E-state index in [2.05, 4.69) is 10.6 Å². The molecule has 3 aliphatic carbocycles. The Morgan fingerprint density at radius 1 is 0.821 bits per heavy atom.